The van der Waals surface area contributed by atoms with Crippen LogP contribution >= 0.6 is 0 Å². The van der Waals surface area contributed by atoms with Crippen molar-refractivity contribution in [2.45, 2.75) is 12.8 Å². The Morgan fingerprint density at radius 3 is 3.17 bits per heavy atom. The minimum absolute atomic E-state index is 0.105. The van der Waals surface area contributed by atoms with Crippen LogP contribution in [0.25, 0.3) is 11.2 Å². The number of rotatable bonds is 2. The van der Waals surface area contributed by atoms with Gasteiger partial charge in [-0.2, -0.15) is 0 Å². The second kappa shape index (κ2) is 4.25. The lowest BCUT2D eigenvalue weighted by Gasteiger charge is -2.32. The normalized spacial score (nSPS) is 20.2. The Bertz CT molecular complexity index is 580. The lowest BCUT2D eigenvalue weighted by atomic mass is 9.97. The first-order chi connectivity index (χ1) is 8.75. The van der Waals surface area contributed by atoms with E-state index in [0.29, 0.717) is 12.2 Å². The van der Waals surface area contributed by atoms with E-state index in [9.17, 15) is 4.79 Å². The fourth-order valence-electron chi connectivity index (χ4n) is 2.39. The van der Waals surface area contributed by atoms with Gasteiger partial charge in [0.05, 0.1) is 12.2 Å². The number of hydrogen-bond acceptors (Lipinski definition) is 5. The summed E-state index contributed by atoms with van der Waals surface area (Å²) in [5, 5.41) is 0. The van der Waals surface area contributed by atoms with E-state index < -0.39 is 0 Å². The van der Waals surface area contributed by atoms with Crippen molar-refractivity contribution in [1.82, 2.24) is 19.9 Å². The van der Waals surface area contributed by atoms with E-state index in [2.05, 4.69) is 24.8 Å². The monoisotopic (exact) mass is 246 g/mol. The van der Waals surface area contributed by atoms with Gasteiger partial charge < -0.3 is 15.6 Å². The summed E-state index contributed by atoms with van der Waals surface area (Å²) in [6.45, 7) is 1.48. The lowest BCUT2D eigenvalue weighted by molar-refractivity contribution is -0.122. The molecule has 0 spiro atoms. The minimum atomic E-state index is -0.241. The van der Waals surface area contributed by atoms with Gasteiger partial charge in [-0.25, -0.2) is 15.0 Å². The number of nitrogens with two attached hydrogens (primary N) is 1. The number of carbonyl (C=O) groups is 1. The summed E-state index contributed by atoms with van der Waals surface area (Å²) in [6, 6.07) is 0. The molecule has 0 radical (unpaired) electrons. The van der Waals surface area contributed by atoms with Crippen LogP contribution < -0.4 is 10.6 Å². The summed E-state index contributed by atoms with van der Waals surface area (Å²) in [4.78, 5) is 28.9. The van der Waals surface area contributed by atoms with Crippen LogP contribution in [0.15, 0.2) is 12.7 Å². The fourth-order valence-corrected chi connectivity index (χ4v) is 2.39. The standard InChI is InChI=1S/C11H14N6O/c12-9(18)7-2-1-3-17(4-7)11-8-10(14-5-13-8)15-6-16-11/h5-7H,1-4H2,(H2,12,18)(H,13,14,15,16). The summed E-state index contributed by atoms with van der Waals surface area (Å²) in [5.74, 6) is 0.449. The van der Waals surface area contributed by atoms with Gasteiger partial charge >= 0.3 is 0 Å². The minimum Gasteiger partial charge on any atom is -0.369 e. The number of imidazole rings is 1. The molecule has 1 amide bonds. The van der Waals surface area contributed by atoms with Crippen molar-refractivity contribution >= 4 is 22.9 Å². The molecule has 18 heavy (non-hydrogen) atoms. The second-order valence-corrected chi connectivity index (χ2v) is 4.49. The number of anilines is 1. The van der Waals surface area contributed by atoms with Gasteiger partial charge in [0, 0.05) is 13.1 Å². The van der Waals surface area contributed by atoms with Gasteiger partial charge in [0.15, 0.2) is 11.5 Å². The van der Waals surface area contributed by atoms with Crippen molar-refractivity contribution in [3.8, 4) is 0 Å². The zero-order chi connectivity index (χ0) is 12.5. The SMILES string of the molecule is NC(=O)C1CCCN(c2ncnc3nc[nH]c23)C1. The summed E-state index contributed by atoms with van der Waals surface area (Å²) in [7, 11) is 0. The molecule has 7 nitrogen and oxygen atoms in total. The Morgan fingerprint density at radius 1 is 1.44 bits per heavy atom. The Labute approximate surface area is 103 Å². The smallest absolute Gasteiger partial charge is 0.222 e. The second-order valence-electron chi connectivity index (χ2n) is 4.49. The number of nitrogens with one attached hydrogen (secondary N) is 1. The maximum absolute atomic E-state index is 11.3. The molecule has 2 aromatic heterocycles. The molecule has 1 fully saturated rings. The van der Waals surface area contributed by atoms with Gasteiger partial charge in [-0.3, -0.25) is 4.79 Å². The molecule has 1 atom stereocenters. The summed E-state index contributed by atoms with van der Waals surface area (Å²) < 4.78 is 0. The van der Waals surface area contributed by atoms with Crippen molar-refractivity contribution in [2.24, 2.45) is 11.7 Å². The van der Waals surface area contributed by atoms with E-state index in [-0.39, 0.29) is 11.8 Å². The number of aromatic nitrogens is 4. The van der Waals surface area contributed by atoms with Gasteiger partial charge in [0.2, 0.25) is 5.91 Å². The molecule has 0 saturated carbocycles. The van der Waals surface area contributed by atoms with Gasteiger partial charge in [-0.1, -0.05) is 0 Å². The summed E-state index contributed by atoms with van der Waals surface area (Å²) in [5.41, 5.74) is 6.83. The molecule has 0 aromatic carbocycles. The Balaban J connectivity index is 1.94. The van der Waals surface area contributed by atoms with Crippen molar-refractivity contribution in [3.05, 3.63) is 12.7 Å². The molecule has 0 aliphatic carbocycles. The quantitative estimate of drug-likeness (QED) is 0.780. The highest BCUT2D eigenvalue weighted by atomic mass is 16.1. The predicted octanol–water partition coefficient (Wildman–Crippen LogP) is 0.0546. The van der Waals surface area contributed by atoms with Crippen LogP contribution in [-0.2, 0) is 4.79 Å². The zero-order valence-electron chi connectivity index (χ0n) is 9.83. The molecule has 2 aromatic rings. The Hall–Kier alpha value is -2.18. The number of amides is 1. The molecule has 1 aliphatic rings. The van der Waals surface area contributed by atoms with E-state index in [1.165, 1.54) is 6.33 Å². The number of hydrogen-bond donors (Lipinski definition) is 2. The Morgan fingerprint density at radius 2 is 2.33 bits per heavy atom. The van der Waals surface area contributed by atoms with Gasteiger partial charge in [0.25, 0.3) is 0 Å². The van der Waals surface area contributed by atoms with Crippen LogP contribution in [0.5, 0.6) is 0 Å². The first-order valence-corrected chi connectivity index (χ1v) is 5.94. The maximum Gasteiger partial charge on any atom is 0.222 e. The van der Waals surface area contributed by atoms with E-state index in [0.717, 1.165) is 30.7 Å². The molecule has 3 N–H and O–H groups in total. The zero-order valence-corrected chi connectivity index (χ0v) is 9.83. The van der Waals surface area contributed by atoms with E-state index in [4.69, 9.17) is 5.73 Å². The molecule has 94 valence electrons. The Kier molecular flexibility index (Phi) is 2.58. The topological polar surface area (TPSA) is 101 Å². The van der Waals surface area contributed by atoms with Crippen molar-refractivity contribution in [1.29, 1.82) is 0 Å². The average Bonchev–Trinajstić information content (AvgIpc) is 2.87. The maximum atomic E-state index is 11.3. The van der Waals surface area contributed by atoms with E-state index in [1.54, 1.807) is 6.33 Å². The summed E-state index contributed by atoms with van der Waals surface area (Å²) >= 11 is 0. The number of aromatic amines is 1. The van der Waals surface area contributed by atoms with E-state index in [1.807, 2.05) is 0 Å². The number of H-pyrrole nitrogens is 1. The van der Waals surface area contributed by atoms with Crippen molar-refractivity contribution in [3.63, 3.8) is 0 Å². The molecule has 7 heteroatoms. The average molecular weight is 246 g/mol. The van der Waals surface area contributed by atoms with Crippen LogP contribution in [0.3, 0.4) is 0 Å². The van der Waals surface area contributed by atoms with Crippen molar-refractivity contribution < 1.29 is 4.79 Å². The number of carbonyl (C=O) groups excluding carboxylic acids is 1. The molecule has 0 bridgehead atoms. The van der Waals surface area contributed by atoms with Crippen molar-refractivity contribution in [2.75, 3.05) is 18.0 Å². The van der Waals surface area contributed by atoms with Crippen LogP contribution in [-0.4, -0.2) is 38.9 Å². The van der Waals surface area contributed by atoms with Crippen LogP contribution in [0.2, 0.25) is 0 Å². The van der Waals surface area contributed by atoms with Crippen LogP contribution in [0.4, 0.5) is 5.82 Å². The molecule has 3 heterocycles. The first-order valence-electron chi connectivity index (χ1n) is 5.94. The highest BCUT2D eigenvalue weighted by Gasteiger charge is 2.26. The molecule has 1 aliphatic heterocycles. The number of piperidine rings is 1. The first kappa shape index (κ1) is 10.9. The number of nitrogens with zero attached hydrogens (tertiary/aromatic N) is 4. The lowest BCUT2D eigenvalue weighted by Crippen LogP contribution is -2.41. The highest BCUT2D eigenvalue weighted by Crippen LogP contribution is 2.25. The molecular formula is C11H14N6O. The molecule has 3 rings (SSSR count). The summed E-state index contributed by atoms with van der Waals surface area (Å²) in [6.07, 6.45) is 4.88. The fraction of sp³-hybridized carbons (Fsp3) is 0.455. The number of fused-ring (bicyclic) bond motifs is 1. The molecule has 1 unspecified atom stereocenters. The van der Waals surface area contributed by atoms with E-state index >= 15 is 0 Å². The molecule has 1 saturated heterocycles. The predicted molar refractivity (Wildman–Crippen MR) is 65.8 cm³/mol. The largest absolute Gasteiger partial charge is 0.369 e. The van der Waals surface area contributed by atoms with Crippen LogP contribution in [0.1, 0.15) is 12.8 Å². The third-order valence-electron chi connectivity index (χ3n) is 3.33. The highest BCUT2D eigenvalue weighted by molar-refractivity contribution is 5.83. The van der Waals surface area contributed by atoms with Crippen LogP contribution in [0, 0.1) is 5.92 Å². The number of primary amides is 1. The third-order valence-corrected chi connectivity index (χ3v) is 3.33. The van der Waals surface area contributed by atoms with Gasteiger partial charge in [-0.15, -0.1) is 0 Å². The van der Waals surface area contributed by atoms with Gasteiger partial charge in [0.1, 0.15) is 11.8 Å². The third kappa shape index (κ3) is 1.77. The molecular weight excluding hydrogens is 232 g/mol. The van der Waals surface area contributed by atoms with Gasteiger partial charge in [-0.05, 0) is 12.8 Å².